The second-order valence-corrected chi connectivity index (χ2v) is 5.70. The van der Waals surface area contributed by atoms with Crippen LogP contribution in [0.15, 0.2) is 24.3 Å². The third-order valence-electron chi connectivity index (χ3n) is 4.11. The van der Waals surface area contributed by atoms with Gasteiger partial charge in [0.15, 0.2) is 0 Å². The summed E-state index contributed by atoms with van der Waals surface area (Å²) in [6, 6.07) is 9.13. The van der Waals surface area contributed by atoms with Crippen LogP contribution in [0.25, 0.3) is 0 Å². The maximum absolute atomic E-state index is 6.02. The Bertz CT molecular complexity index is 380. The third-order valence-corrected chi connectivity index (χ3v) is 4.28. The van der Waals surface area contributed by atoms with E-state index in [1.54, 1.807) is 0 Å². The molecule has 1 aliphatic carbocycles. The molecule has 1 aromatic rings. The number of fused-ring (bicyclic) bond motifs is 1. The summed E-state index contributed by atoms with van der Waals surface area (Å²) in [5, 5.41) is 0. The van der Waals surface area contributed by atoms with Gasteiger partial charge in [-0.25, -0.2) is 0 Å². The predicted octanol–water partition coefficient (Wildman–Crippen LogP) is 3.08. The summed E-state index contributed by atoms with van der Waals surface area (Å²) >= 11 is 5.91. The Morgan fingerprint density at radius 1 is 1.28 bits per heavy atom. The minimum Gasteiger partial charge on any atom is -0.488 e. The van der Waals surface area contributed by atoms with Crippen molar-refractivity contribution in [3.63, 3.8) is 0 Å². The van der Waals surface area contributed by atoms with Crippen LogP contribution in [0.4, 0.5) is 0 Å². The average Bonchev–Trinajstić information content (AvgIpc) is 2.69. The highest BCUT2D eigenvalue weighted by Gasteiger charge is 2.30. The van der Waals surface area contributed by atoms with E-state index in [4.69, 9.17) is 16.3 Å². The summed E-state index contributed by atoms with van der Waals surface area (Å²) in [6.45, 7) is 2.01. The van der Waals surface area contributed by atoms with Gasteiger partial charge in [-0.05, 0) is 24.5 Å². The number of ether oxygens (including phenoxy) is 1. The molecular formula is C15H20ClNO. The van der Waals surface area contributed by atoms with E-state index in [2.05, 4.69) is 23.1 Å². The van der Waals surface area contributed by atoms with Crippen molar-refractivity contribution in [2.24, 2.45) is 0 Å². The molecule has 3 heteroatoms. The number of hydrogen-bond acceptors (Lipinski definition) is 2. The van der Waals surface area contributed by atoms with Crippen molar-refractivity contribution in [3.8, 4) is 5.75 Å². The van der Waals surface area contributed by atoms with E-state index in [1.165, 1.54) is 24.8 Å². The van der Waals surface area contributed by atoms with Gasteiger partial charge in [0.2, 0.25) is 0 Å². The highest BCUT2D eigenvalue weighted by atomic mass is 35.5. The second-order valence-electron chi connectivity index (χ2n) is 5.32. The van der Waals surface area contributed by atoms with E-state index >= 15 is 0 Å². The summed E-state index contributed by atoms with van der Waals surface area (Å²) in [5.74, 6) is 1.79. The van der Waals surface area contributed by atoms with Crippen molar-refractivity contribution >= 4 is 11.6 Å². The fraction of sp³-hybridized carbons (Fsp3) is 0.600. The lowest BCUT2D eigenvalue weighted by molar-refractivity contribution is 0.0840. The zero-order chi connectivity index (χ0) is 12.4. The van der Waals surface area contributed by atoms with Crippen molar-refractivity contribution in [2.45, 2.75) is 37.8 Å². The fourth-order valence-corrected chi connectivity index (χ4v) is 3.12. The Labute approximate surface area is 114 Å². The normalized spacial score (nSPS) is 22.7. The van der Waals surface area contributed by atoms with Crippen LogP contribution >= 0.6 is 11.6 Å². The molecule has 1 atom stereocenters. The number of benzene rings is 1. The number of halogens is 1. The summed E-state index contributed by atoms with van der Waals surface area (Å²) < 4.78 is 6.02. The third kappa shape index (κ3) is 2.50. The molecule has 0 bridgehead atoms. The van der Waals surface area contributed by atoms with Gasteiger partial charge in [-0.1, -0.05) is 24.6 Å². The van der Waals surface area contributed by atoms with E-state index in [0.717, 1.165) is 37.2 Å². The molecule has 1 aromatic carbocycles. The molecule has 98 valence electrons. The van der Waals surface area contributed by atoms with E-state index in [1.807, 2.05) is 6.07 Å². The average molecular weight is 266 g/mol. The number of alkyl halides is 1. The quantitative estimate of drug-likeness (QED) is 0.759. The molecular weight excluding hydrogens is 246 g/mol. The van der Waals surface area contributed by atoms with Gasteiger partial charge in [-0.3, -0.25) is 4.90 Å². The molecule has 1 aliphatic heterocycles. The van der Waals surface area contributed by atoms with Crippen LogP contribution in [-0.2, 0) is 6.42 Å². The van der Waals surface area contributed by atoms with Gasteiger partial charge in [0, 0.05) is 31.4 Å². The van der Waals surface area contributed by atoms with Crippen LogP contribution in [0.2, 0.25) is 0 Å². The first-order valence-corrected chi connectivity index (χ1v) is 7.45. The predicted molar refractivity (Wildman–Crippen MR) is 74.5 cm³/mol. The fourth-order valence-electron chi connectivity index (χ4n) is 2.90. The van der Waals surface area contributed by atoms with E-state index in [0.29, 0.717) is 6.10 Å². The molecule has 1 unspecified atom stereocenters. The van der Waals surface area contributed by atoms with Crippen LogP contribution in [0.1, 0.15) is 24.8 Å². The molecule has 0 N–H and O–H groups in total. The number of nitrogens with zero attached hydrogens (tertiary/aromatic N) is 1. The van der Waals surface area contributed by atoms with Gasteiger partial charge in [-0.15, -0.1) is 11.6 Å². The topological polar surface area (TPSA) is 12.5 Å². The summed E-state index contributed by atoms with van der Waals surface area (Å²) in [5.41, 5.74) is 1.35. The Morgan fingerprint density at radius 2 is 2.11 bits per heavy atom. The lowest BCUT2D eigenvalue weighted by Crippen LogP contribution is -2.46. The van der Waals surface area contributed by atoms with Crippen LogP contribution in [0, 0.1) is 0 Å². The van der Waals surface area contributed by atoms with Crippen LogP contribution < -0.4 is 4.74 Å². The smallest absolute Gasteiger partial charge is 0.123 e. The van der Waals surface area contributed by atoms with Crippen LogP contribution in [-0.4, -0.2) is 36.0 Å². The molecule has 1 saturated carbocycles. The molecule has 0 aromatic heterocycles. The minimum absolute atomic E-state index is 0.311. The maximum atomic E-state index is 6.02. The number of rotatable bonds is 5. The SMILES string of the molecule is ClCCN(CC1Cc2ccccc2O1)C1CCC1. The summed E-state index contributed by atoms with van der Waals surface area (Å²) in [6.07, 6.45) is 5.38. The van der Waals surface area contributed by atoms with Crippen LogP contribution in [0.5, 0.6) is 5.75 Å². The Hall–Kier alpha value is -0.730. The zero-order valence-corrected chi connectivity index (χ0v) is 11.4. The first-order valence-electron chi connectivity index (χ1n) is 6.91. The largest absolute Gasteiger partial charge is 0.488 e. The molecule has 1 fully saturated rings. The number of para-hydroxylation sites is 1. The van der Waals surface area contributed by atoms with Crippen molar-refractivity contribution < 1.29 is 4.74 Å². The molecule has 1 heterocycles. The summed E-state index contributed by atoms with van der Waals surface area (Å²) in [7, 11) is 0. The molecule has 2 nitrogen and oxygen atoms in total. The monoisotopic (exact) mass is 265 g/mol. The highest BCUT2D eigenvalue weighted by molar-refractivity contribution is 6.18. The highest BCUT2D eigenvalue weighted by Crippen LogP contribution is 2.30. The molecule has 3 rings (SSSR count). The lowest BCUT2D eigenvalue weighted by atomic mass is 9.91. The summed E-state index contributed by atoms with van der Waals surface area (Å²) in [4.78, 5) is 2.52. The van der Waals surface area contributed by atoms with Crippen molar-refractivity contribution in [1.29, 1.82) is 0 Å². The molecule has 0 spiro atoms. The Balaban J connectivity index is 1.60. The molecule has 0 saturated heterocycles. The molecule has 2 aliphatic rings. The van der Waals surface area contributed by atoms with Gasteiger partial charge in [0.25, 0.3) is 0 Å². The molecule has 18 heavy (non-hydrogen) atoms. The first-order chi connectivity index (χ1) is 8.86. The second kappa shape index (κ2) is 5.50. The van der Waals surface area contributed by atoms with Gasteiger partial charge >= 0.3 is 0 Å². The standard InChI is InChI=1S/C15H20ClNO/c16-8-9-17(13-5-3-6-13)11-14-10-12-4-1-2-7-15(12)18-14/h1-2,4,7,13-14H,3,5-6,8-11H2. The van der Waals surface area contributed by atoms with Gasteiger partial charge in [0.05, 0.1) is 0 Å². The van der Waals surface area contributed by atoms with Crippen molar-refractivity contribution in [3.05, 3.63) is 29.8 Å². The lowest BCUT2D eigenvalue weighted by Gasteiger charge is -2.38. The van der Waals surface area contributed by atoms with E-state index < -0.39 is 0 Å². The zero-order valence-electron chi connectivity index (χ0n) is 10.6. The van der Waals surface area contributed by atoms with Crippen molar-refractivity contribution in [1.82, 2.24) is 4.90 Å². The van der Waals surface area contributed by atoms with Crippen LogP contribution in [0.3, 0.4) is 0 Å². The molecule has 0 radical (unpaired) electrons. The maximum Gasteiger partial charge on any atom is 0.123 e. The molecule has 0 amide bonds. The Morgan fingerprint density at radius 3 is 2.78 bits per heavy atom. The van der Waals surface area contributed by atoms with Gasteiger partial charge in [0.1, 0.15) is 11.9 Å². The minimum atomic E-state index is 0.311. The van der Waals surface area contributed by atoms with E-state index in [9.17, 15) is 0 Å². The Kier molecular flexibility index (Phi) is 3.76. The first kappa shape index (κ1) is 12.3. The van der Waals surface area contributed by atoms with E-state index in [-0.39, 0.29) is 0 Å². The van der Waals surface area contributed by atoms with Gasteiger partial charge < -0.3 is 4.74 Å². The van der Waals surface area contributed by atoms with Gasteiger partial charge in [-0.2, -0.15) is 0 Å². The number of hydrogen-bond donors (Lipinski definition) is 0. The van der Waals surface area contributed by atoms with Crippen molar-refractivity contribution in [2.75, 3.05) is 19.0 Å².